The molecule has 0 radical (unpaired) electrons. The molecule has 0 fully saturated rings. The van der Waals surface area contributed by atoms with Gasteiger partial charge >= 0.3 is 12.1 Å². The molecule has 0 saturated carbocycles. The highest BCUT2D eigenvalue weighted by molar-refractivity contribution is 5.55. The van der Waals surface area contributed by atoms with Crippen LogP contribution >= 0.6 is 0 Å². The molecule has 0 amide bonds. The van der Waals surface area contributed by atoms with Gasteiger partial charge in [-0.05, 0) is 0 Å². The maximum Gasteiger partial charge on any atom is 0.456 e. The fraction of sp³-hybridized carbons (Fsp3) is 0.333. The van der Waals surface area contributed by atoms with E-state index in [9.17, 15) is 32.1 Å². The first kappa shape index (κ1) is 15.9. The number of nitrogens with zero attached hydrogens (tertiary/aromatic N) is 1. The minimum absolute atomic E-state index is 0.0791. The molecule has 6 nitrogen and oxygen atoms in total. The number of nitro groups is 1. The summed E-state index contributed by atoms with van der Waals surface area (Å²) in [5.74, 6) is -0.638. The molecule has 0 aromatic heterocycles. The number of nitro benzene ring substituents is 1. The van der Waals surface area contributed by atoms with Crippen LogP contribution < -0.4 is 16.0 Å². The van der Waals surface area contributed by atoms with Crippen molar-refractivity contribution in [2.75, 3.05) is 12.0 Å². The van der Waals surface area contributed by atoms with Crippen molar-refractivity contribution < 1.29 is 31.6 Å². The Kier molecular flexibility index (Phi) is 4.33. The van der Waals surface area contributed by atoms with Crippen molar-refractivity contribution in [3.05, 3.63) is 28.3 Å². The molecule has 0 heterocycles. The van der Waals surface area contributed by atoms with Crippen LogP contribution in [0.4, 0.5) is 33.3 Å². The maximum absolute atomic E-state index is 12.6. The van der Waals surface area contributed by atoms with Crippen LogP contribution in [0.2, 0.25) is 0 Å². The van der Waals surface area contributed by atoms with E-state index < -0.39 is 35.1 Å². The monoisotopic (exact) mass is 301 g/mol. The number of benzene rings is 1. The lowest BCUT2D eigenvalue weighted by Gasteiger charge is -2.19. The molecule has 0 saturated heterocycles. The topological polar surface area (TPSA) is 90.4 Å². The highest BCUT2D eigenvalue weighted by Gasteiger charge is 2.58. The number of nitrogens with two attached hydrogens (primary N) is 1. The van der Waals surface area contributed by atoms with E-state index in [-0.39, 0.29) is 5.69 Å². The molecule has 1 aromatic carbocycles. The third kappa shape index (κ3) is 3.66. The highest BCUT2D eigenvalue weighted by atomic mass is 19.4. The zero-order valence-corrected chi connectivity index (χ0v) is 9.58. The normalized spacial score (nSPS) is 12.1. The SMILES string of the molecule is NNc1cc(OCC(F)(F)C(F)(F)F)cc([N+](=O)[O-])c1. The number of hydrazine groups is 1. The lowest BCUT2D eigenvalue weighted by molar-refractivity contribution is -0.384. The van der Waals surface area contributed by atoms with E-state index in [4.69, 9.17) is 5.84 Å². The van der Waals surface area contributed by atoms with E-state index in [1.807, 2.05) is 5.43 Å². The summed E-state index contributed by atoms with van der Waals surface area (Å²) in [7, 11) is 0. The van der Waals surface area contributed by atoms with Gasteiger partial charge in [0, 0.05) is 12.1 Å². The zero-order chi connectivity index (χ0) is 15.6. The van der Waals surface area contributed by atoms with E-state index in [2.05, 4.69) is 4.74 Å². The molecule has 0 aliphatic carbocycles. The van der Waals surface area contributed by atoms with Crippen molar-refractivity contribution >= 4 is 11.4 Å². The molecule has 0 spiro atoms. The van der Waals surface area contributed by atoms with Gasteiger partial charge in [0.15, 0.2) is 6.61 Å². The lowest BCUT2D eigenvalue weighted by Crippen LogP contribution is -2.41. The van der Waals surface area contributed by atoms with E-state index in [0.29, 0.717) is 6.07 Å². The van der Waals surface area contributed by atoms with Crippen LogP contribution in [0.1, 0.15) is 0 Å². The van der Waals surface area contributed by atoms with Gasteiger partial charge < -0.3 is 10.2 Å². The Morgan fingerprint density at radius 1 is 1.25 bits per heavy atom. The average Bonchev–Trinajstić information content (AvgIpc) is 2.34. The summed E-state index contributed by atoms with van der Waals surface area (Å²) in [5.41, 5.74) is 1.34. The van der Waals surface area contributed by atoms with Crippen molar-refractivity contribution in [1.82, 2.24) is 0 Å². The first-order chi connectivity index (χ1) is 9.06. The third-order valence-electron chi connectivity index (χ3n) is 2.10. The summed E-state index contributed by atoms with van der Waals surface area (Å²) < 4.78 is 65.3. The van der Waals surface area contributed by atoms with Crippen LogP contribution in [-0.2, 0) is 0 Å². The minimum Gasteiger partial charge on any atom is -0.487 e. The summed E-state index contributed by atoms with van der Waals surface area (Å²) in [6, 6.07) is 2.60. The molecule has 1 rings (SSSR count). The summed E-state index contributed by atoms with van der Waals surface area (Å²) >= 11 is 0. The molecular formula is C9H8F5N3O3. The Hall–Kier alpha value is -2.17. The fourth-order valence-electron chi connectivity index (χ4n) is 1.11. The van der Waals surface area contributed by atoms with Crippen LogP contribution in [-0.4, -0.2) is 23.6 Å². The number of nitrogen functional groups attached to an aromatic ring is 1. The van der Waals surface area contributed by atoms with Crippen molar-refractivity contribution in [3.63, 3.8) is 0 Å². The second-order valence-corrected chi connectivity index (χ2v) is 3.61. The average molecular weight is 301 g/mol. The Labute approximate surface area is 108 Å². The van der Waals surface area contributed by atoms with Crippen LogP contribution in [0.5, 0.6) is 5.75 Å². The number of hydrogen-bond donors (Lipinski definition) is 2. The fourth-order valence-corrected chi connectivity index (χ4v) is 1.11. The van der Waals surface area contributed by atoms with E-state index in [1.54, 1.807) is 0 Å². The smallest absolute Gasteiger partial charge is 0.456 e. The number of alkyl halides is 5. The predicted octanol–water partition coefficient (Wildman–Crippen LogP) is 2.46. The number of rotatable bonds is 5. The number of non-ortho nitro benzene ring substituents is 1. The molecule has 3 N–H and O–H groups in total. The zero-order valence-electron chi connectivity index (χ0n) is 9.58. The van der Waals surface area contributed by atoms with Crippen molar-refractivity contribution in [3.8, 4) is 5.75 Å². The van der Waals surface area contributed by atoms with Crippen LogP contribution in [0.25, 0.3) is 0 Å². The van der Waals surface area contributed by atoms with Gasteiger partial charge in [-0.1, -0.05) is 0 Å². The number of nitrogens with one attached hydrogen (secondary N) is 1. The molecule has 0 aliphatic heterocycles. The summed E-state index contributed by atoms with van der Waals surface area (Å²) in [6.07, 6.45) is -5.78. The van der Waals surface area contributed by atoms with Gasteiger partial charge in [0.1, 0.15) is 5.75 Å². The summed E-state index contributed by atoms with van der Waals surface area (Å²) in [5, 5.41) is 10.5. The molecule has 1 aromatic rings. The van der Waals surface area contributed by atoms with Gasteiger partial charge in [-0.25, -0.2) is 0 Å². The third-order valence-corrected chi connectivity index (χ3v) is 2.10. The van der Waals surface area contributed by atoms with E-state index in [1.165, 1.54) is 0 Å². The molecule has 11 heteroatoms. The molecule has 0 atom stereocenters. The number of ether oxygens (including phenoxy) is 1. The molecule has 0 bridgehead atoms. The van der Waals surface area contributed by atoms with Gasteiger partial charge in [0.05, 0.1) is 16.7 Å². The Bertz CT molecular complexity index is 506. The van der Waals surface area contributed by atoms with Gasteiger partial charge in [-0.3, -0.25) is 16.0 Å². The quantitative estimate of drug-likeness (QED) is 0.377. The maximum atomic E-state index is 12.6. The van der Waals surface area contributed by atoms with E-state index >= 15 is 0 Å². The number of anilines is 1. The van der Waals surface area contributed by atoms with Crippen LogP contribution in [0.15, 0.2) is 18.2 Å². The minimum atomic E-state index is -5.78. The van der Waals surface area contributed by atoms with Crippen molar-refractivity contribution in [1.29, 1.82) is 0 Å². The van der Waals surface area contributed by atoms with Crippen molar-refractivity contribution in [2.45, 2.75) is 12.1 Å². The first-order valence-electron chi connectivity index (χ1n) is 4.90. The number of hydrogen-bond acceptors (Lipinski definition) is 5. The van der Waals surface area contributed by atoms with E-state index in [0.717, 1.165) is 12.1 Å². The number of halogens is 5. The molecule has 112 valence electrons. The standard InChI is InChI=1S/C9H8F5N3O3/c10-8(11,9(12,13)14)4-20-7-2-5(16-15)1-6(3-7)17(18)19/h1-3,16H,4,15H2. The molecule has 0 aliphatic rings. The van der Waals surface area contributed by atoms with Crippen LogP contribution in [0.3, 0.4) is 0 Å². The van der Waals surface area contributed by atoms with Crippen molar-refractivity contribution in [2.24, 2.45) is 5.84 Å². The second-order valence-electron chi connectivity index (χ2n) is 3.61. The predicted molar refractivity (Wildman–Crippen MR) is 57.4 cm³/mol. The highest BCUT2D eigenvalue weighted by Crippen LogP contribution is 2.36. The van der Waals surface area contributed by atoms with Gasteiger partial charge in [0.25, 0.3) is 5.69 Å². The Morgan fingerprint density at radius 2 is 1.85 bits per heavy atom. The summed E-state index contributed by atoms with van der Waals surface area (Å²) in [6.45, 7) is -2.00. The molecular weight excluding hydrogens is 293 g/mol. The second kappa shape index (κ2) is 5.45. The Morgan fingerprint density at radius 3 is 2.30 bits per heavy atom. The van der Waals surface area contributed by atoms with Crippen LogP contribution in [0, 0.1) is 10.1 Å². The molecule has 20 heavy (non-hydrogen) atoms. The largest absolute Gasteiger partial charge is 0.487 e. The molecule has 0 unspecified atom stereocenters. The first-order valence-corrected chi connectivity index (χ1v) is 4.90. The van der Waals surface area contributed by atoms with Gasteiger partial charge in [0.2, 0.25) is 0 Å². The van der Waals surface area contributed by atoms with Gasteiger partial charge in [-0.2, -0.15) is 22.0 Å². The van der Waals surface area contributed by atoms with Gasteiger partial charge in [-0.15, -0.1) is 0 Å². The lowest BCUT2D eigenvalue weighted by atomic mass is 10.2. The Balaban J connectivity index is 2.93. The summed E-state index contributed by atoms with van der Waals surface area (Å²) in [4.78, 5) is 9.66.